The maximum absolute atomic E-state index is 12.2. The van der Waals surface area contributed by atoms with E-state index in [9.17, 15) is 9.00 Å². The van der Waals surface area contributed by atoms with Crippen LogP contribution >= 0.6 is 11.6 Å². The summed E-state index contributed by atoms with van der Waals surface area (Å²) in [4.78, 5) is 11.6. The van der Waals surface area contributed by atoms with Gasteiger partial charge < -0.3 is 4.74 Å². The van der Waals surface area contributed by atoms with Crippen LogP contribution in [0.5, 0.6) is 0 Å². The number of halogens is 1. The Bertz CT molecular complexity index is 434. The Morgan fingerprint density at radius 3 is 2.61 bits per heavy atom. The first kappa shape index (κ1) is 15.2. The zero-order chi connectivity index (χ0) is 13.5. The molecule has 0 fully saturated rings. The van der Waals surface area contributed by atoms with Gasteiger partial charge in [-0.3, -0.25) is 9.00 Å². The van der Waals surface area contributed by atoms with Gasteiger partial charge in [-0.25, -0.2) is 0 Å². The average Bonchev–Trinajstić information content (AvgIpc) is 2.33. The Morgan fingerprint density at radius 1 is 1.39 bits per heavy atom. The molecule has 1 aromatic carbocycles. The van der Waals surface area contributed by atoms with Crippen molar-refractivity contribution in [1.82, 2.24) is 0 Å². The van der Waals surface area contributed by atoms with Crippen LogP contribution < -0.4 is 0 Å². The van der Waals surface area contributed by atoms with Crippen LogP contribution in [-0.4, -0.2) is 22.0 Å². The molecule has 0 aliphatic heterocycles. The fourth-order valence-corrected chi connectivity index (χ4v) is 3.26. The summed E-state index contributed by atoms with van der Waals surface area (Å²) in [7, 11) is -1.31. The molecule has 0 bridgehead atoms. The van der Waals surface area contributed by atoms with Gasteiger partial charge in [-0.1, -0.05) is 36.7 Å². The van der Waals surface area contributed by atoms with E-state index in [-0.39, 0.29) is 5.75 Å². The molecule has 0 saturated carbocycles. The van der Waals surface area contributed by atoms with Gasteiger partial charge in [0.15, 0.2) is 0 Å². The van der Waals surface area contributed by atoms with E-state index in [1.54, 1.807) is 13.0 Å². The Hall–Kier alpha value is -0.870. The normalized spacial score (nSPS) is 13.9. The summed E-state index contributed by atoms with van der Waals surface area (Å²) in [6, 6.07) is 7.22. The fraction of sp³-hybridized carbons (Fsp3) is 0.462. The van der Waals surface area contributed by atoms with Crippen molar-refractivity contribution in [2.45, 2.75) is 31.3 Å². The van der Waals surface area contributed by atoms with Crippen molar-refractivity contribution in [3.63, 3.8) is 0 Å². The van der Waals surface area contributed by atoms with Crippen LogP contribution in [0.2, 0.25) is 5.02 Å². The Labute approximate surface area is 115 Å². The number of carbonyl (C=O) groups excluding carboxylic acids is 1. The van der Waals surface area contributed by atoms with Gasteiger partial charge in [-0.15, -0.1) is 0 Å². The minimum absolute atomic E-state index is 0.275. The lowest BCUT2D eigenvalue weighted by atomic mass is 10.2. The zero-order valence-electron chi connectivity index (χ0n) is 10.5. The molecule has 0 spiro atoms. The summed E-state index contributed by atoms with van der Waals surface area (Å²) in [6.07, 6.45) is 0.496. The summed E-state index contributed by atoms with van der Waals surface area (Å²) >= 11 is 6.01. The van der Waals surface area contributed by atoms with Crippen LogP contribution in [0.1, 0.15) is 25.8 Å². The summed E-state index contributed by atoms with van der Waals surface area (Å²) in [5, 5.41) is -0.00853. The smallest absolute Gasteiger partial charge is 0.321 e. The van der Waals surface area contributed by atoms with E-state index < -0.39 is 22.0 Å². The van der Waals surface area contributed by atoms with Crippen molar-refractivity contribution in [2.75, 3.05) is 6.61 Å². The van der Waals surface area contributed by atoms with Gasteiger partial charge in [0.05, 0.1) is 12.4 Å². The third-order valence-corrected chi connectivity index (χ3v) is 4.62. The van der Waals surface area contributed by atoms with Gasteiger partial charge in [-0.2, -0.15) is 0 Å². The molecule has 0 aliphatic carbocycles. The molecule has 3 nitrogen and oxygen atoms in total. The maximum atomic E-state index is 12.2. The molecule has 0 saturated heterocycles. The number of benzene rings is 1. The number of hydrogen-bond donors (Lipinski definition) is 0. The number of rotatable bonds is 6. The van der Waals surface area contributed by atoms with E-state index in [1.165, 1.54) is 0 Å². The lowest BCUT2D eigenvalue weighted by molar-refractivity contribution is -0.142. The summed E-state index contributed by atoms with van der Waals surface area (Å²) in [5.41, 5.74) is 0.792. The molecule has 2 unspecified atom stereocenters. The summed E-state index contributed by atoms with van der Waals surface area (Å²) < 4.78 is 17.1. The molecule has 0 amide bonds. The monoisotopic (exact) mass is 288 g/mol. The van der Waals surface area contributed by atoms with Gasteiger partial charge in [0, 0.05) is 15.8 Å². The number of carbonyl (C=O) groups is 1. The van der Waals surface area contributed by atoms with Gasteiger partial charge in [0.25, 0.3) is 0 Å². The molecular weight excluding hydrogens is 272 g/mol. The van der Waals surface area contributed by atoms with E-state index in [2.05, 4.69) is 0 Å². The minimum atomic E-state index is -1.31. The number of ether oxygens (including phenoxy) is 1. The molecular formula is C13H17ClO3S. The van der Waals surface area contributed by atoms with Crippen molar-refractivity contribution < 1.29 is 13.7 Å². The molecule has 18 heavy (non-hydrogen) atoms. The average molecular weight is 289 g/mol. The topological polar surface area (TPSA) is 43.4 Å². The molecule has 0 aromatic heterocycles. The first-order chi connectivity index (χ1) is 8.60. The maximum Gasteiger partial charge on any atom is 0.321 e. The first-order valence-corrected chi connectivity index (χ1v) is 7.63. The van der Waals surface area contributed by atoms with Crippen LogP contribution in [0.15, 0.2) is 24.3 Å². The lowest BCUT2D eigenvalue weighted by Gasteiger charge is -2.13. The van der Waals surface area contributed by atoms with E-state index >= 15 is 0 Å². The minimum Gasteiger partial charge on any atom is -0.465 e. The molecule has 100 valence electrons. The molecule has 0 heterocycles. The van der Waals surface area contributed by atoms with E-state index in [0.717, 1.165) is 5.56 Å². The van der Waals surface area contributed by atoms with Crippen LogP contribution in [0.4, 0.5) is 0 Å². The van der Waals surface area contributed by atoms with Gasteiger partial charge in [0.1, 0.15) is 5.25 Å². The molecule has 0 radical (unpaired) electrons. The zero-order valence-corrected chi connectivity index (χ0v) is 12.1. The van der Waals surface area contributed by atoms with Crippen LogP contribution in [0.25, 0.3) is 0 Å². The molecule has 1 aromatic rings. The Balaban J connectivity index is 2.74. The van der Waals surface area contributed by atoms with Gasteiger partial charge in [0.2, 0.25) is 0 Å². The highest BCUT2D eigenvalue weighted by Crippen LogP contribution is 2.19. The summed E-state index contributed by atoms with van der Waals surface area (Å²) in [5.74, 6) is -0.123. The van der Waals surface area contributed by atoms with Crippen molar-refractivity contribution in [1.29, 1.82) is 0 Å². The van der Waals surface area contributed by atoms with E-state index in [4.69, 9.17) is 16.3 Å². The van der Waals surface area contributed by atoms with Crippen LogP contribution in [0.3, 0.4) is 0 Å². The second-order valence-electron chi connectivity index (χ2n) is 3.77. The first-order valence-electron chi connectivity index (χ1n) is 5.87. The lowest BCUT2D eigenvalue weighted by Crippen LogP contribution is -2.28. The number of hydrogen-bond acceptors (Lipinski definition) is 3. The third-order valence-electron chi connectivity index (χ3n) is 2.49. The Kier molecular flexibility index (Phi) is 6.36. The van der Waals surface area contributed by atoms with Gasteiger partial charge in [-0.05, 0) is 25.0 Å². The standard InChI is InChI=1S/C13H17ClO3S/c1-3-12(13(15)17-4-2)18(16)9-10-7-5-6-8-11(10)14/h5-8,12H,3-4,9H2,1-2H3. The molecule has 5 heteroatoms. The van der Waals surface area contributed by atoms with E-state index in [0.29, 0.717) is 18.1 Å². The molecule has 0 N–H and O–H groups in total. The molecule has 1 rings (SSSR count). The highest BCUT2D eigenvalue weighted by atomic mass is 35.5. The molecule has 0 aliphatic rings. The molecule has 2 atom stereocenters. The van der Waals surface area contributed by atoms with Crippen LogP contribution in [0, 0.1) is 0 Å². The van der Waals surface area contributed by atoms with Crippen molar-refractivity contribution in [2.24, 2.45) is 0 Å². The highest BCUT2D eigenvalue weighted by Gasteiger charge is 2.25. The Morgan fingerprint density at radius 2 is 2.06 bits per heavy atom. The van der Waals surface area contributed by atoms with Crippen molar-refractivity contribution >= 4 is 28.4 Å². The fourth-order valence-electron chi connectivity index (χ4n) is 1.56. The third kappa shape index (κ3) is 4.10. The summed E-state index contributed by atoms with van der Waals surface area (Å²) in [6.45, 7) is 3.87. The second kappa shape index (κ2) is 7.54. The largest absolute Gasteiger partial charge is 0.465 e. The van der Waals surface area contributed by atoms with Gasteiger partial charge >= 0.3 is 5.97 Å². The number of esters is 1. The highest BCUT2D eigenvalue weighted by molar-refractivity contribution is 7.85. The van der Waals surface area contributed by atoms with Crippen LogP contribution in [-0.2, 0) is 26.1 Å². The van der Waals surface area contributed by atoms with Crippen molar-refractivity contribution in [3.05, 3.63) is 34.9 Å². The predicted molar refractivity (Wildman–Crippen MR) is 74.0 cm³/mol. The second-order valence-corrected chi connectivity index (χ2v) is 5.79. The van der Waals surface area contributed by atoms with Crippen molar-refractivity contribution in [3.8, 4) is 0 Å². The predicted octanol–water partition coefficient (Wildman–Crippen LogP) is 2.93. The SMILES string of the molecule is CCOC(=O)C(CC)S(=O)Cc1ccccc1Cl. The quantitative estimate of drug-likeness (QED) is 0.756. The van der Waals surface area contributed by atoms with E-state index in [1.807, 2.05) is 25.1 Å².